The van der Waals surface area contributed by atoms with Crippen molar-refractivity contribution < 1.29 is 9.63 Å². The molecule has 2 aliphatic heterocycles. The third-order valence-electron chi connectivity index (χ3n) is 7.33. The fourth-order valence-electron chi connectivity index (χ4n) is 5.53. The van der Waals surface area contributed by atoms with Crippen molar-refractivity contribution in [1.29, 1.82) is 0 Å². The average Bonchev–Trinajstić information content (AvgIpc) is 3.35. The van der Waals surface area contributed by atoms with E-state index in [1.54, 1.807) is 0 Å². The summed E-state index contributed by atoms with van der Waals surface area (Å²) in [5.74, 6) is 2.22. The highest BCUT2D eigenvalue weighted by atomic mass is 16.7. The predicted molar refractivity (Wildman–Crippen MR) is 99.7 cm³/mol. The van der Waals surface area contributed by atoms with Crippen molar-refractivity contribution in [2.45, 2.75) is 83.0 Å². The van der Waals surface area contributed by atoms with Crippen LogP contribution in [0.1, 0.15) is 52.4 Å². The molecule has 0 bridgehead atoms. The predicted octanol–water partition coefficient (Wildman–Crippen LogP) is 0.734. The zero-order chi connectivity index (χ0) is 18.3. The minimum Gasteiger partial charge on any atom is -0.352 e. The molecule has 0 aromatic rings. The number of amides is 1. The van der Waals surface area contributed by atoms with Crippen molar-refractivity contribution in [3.05, 3.63) is 0 Å². The summed E-state index contributed by atoms with van der Waals surface area (Å²) < 4.78 is 0. The van der Waals surface area contributed by atoms with Gasteiger partial charge in [-0.05, 0) is 70.3 Å². The van der Waals surface area contributed by atoms with Crippen LogP contribution in [0, 0.1) is 17.8 Å². The molecule has 4 N–H and O–H groups in total. The molecule has 2 saturated carbocycles. The molecular formula is C19H35N5O2. The summed E-state index contributed by atoms with van der Waals surface area (Å²) in [5, 5.41) is 10.3. The standard InChI is InChI=1S/C19H35N5O2/c1-4-17-22-18(23-26-17)13-5-7-14-12(9-13)6-8-15(14)21-19(25)16-10-20-11(2)24(16)3/h11-18,20,22-23H,4-10H2,1-3H3,(H,21,25)/t11?,12?,13?,14?,15-,16?,17?,18?/m1/s1. The number of hydrogen-bond acceptors (Lipinski definition) is 6. The maximum absolute atomic E-state index is 12.7. The third-order valence-corrected chi connectivity index (χ3v) is 7.33. The van der Waals surface area contributed by atoms with Gasteiger partial charge in [0.2, 0.25) is 5.91 Å². The molecule has 8 atom stereocenters. The van der Waals surface area contributed by atoms with E-state index in [2.05, 4.69) is 40.2 Å². The number of nitrogens with zero attached hydrogens (tertiary/aromatic N) is 1. The van der Waals surface area contributed by atoms with Gasteiger partial charge >= 0.3 is 0 Å². The maximum Gasteiger partial charge on any atom is 0.238 e. The number of fused-ring (bicyclic) bond motifs is 1. The van der Waals surface area contributed by atoms with Gasteiger partial charge in [0.1, 0.15) is 12.3 Å². The van der Waals surface area contributed by atoms with Gasteiger partial charge in [0.15, 0.2) is 0 Å². The molecule has 2 aliphatic carbocycles. The van der Waals surface area contributed by atoms with E-state index in [4.69, 9.17) is 4.84 Å². The second-order valence-electron chi connectivity index (χ2n) is 8.73. The first kappa shape index (κ1) is 18.6. The second kappa shape index (κ2) is 7.72. The van der Waals surface area contributed by atoms with Crippen LogP contribution >= 0.6 is 0 Å². The van der Waals surface area contributed by atoms with Gasteiger partial charge in [0, 0.05) is 12.6 Å². The number of rotatable bonds is 4. The first-order chi connectivity index (χ1) is 12.6. The molecule has 1 amide bonds. The summed E-state index contributed by atoms with van der Waals surface area (Å²) in [5.41, 5.74) is 3.20. The molecule has 0 aromatic carbocycles. The average molecular weight is 366 g/mol. The van der Waals surface area contributed by atoms with Gasteiger partial charge in [0.05, 0.1) is 12.3 Å². The molecule has 0 radical (unpaired) electrons. The van der Waals surface area contributed by atoms with E-state index < -0.39 is 0 Å². The quantitative estimate of drug-likeness (QED) is 0.589. The normalized spacial score (nSPS) is 46.4. The third kappa shape index (κ3) is 3.52. The molecule has 7 nitrogen and oxygen atoms in total. The molecule has 4 fully saturated rings. The lowest BCUT2D eigenvalue weighted by Crippen LogP contribution is -2.50. The van der Waals surface area contributed by atoms with Gasteiger partial charge in [-0.15, -0.1) is 0 Å². The summed E-state index contributed by atoms with van der Waals surface area (Å²) in [6, 6.07) is 0.331. The molecule has 148 valence electrons. The Labute approximate surface area is 156 Å². The maximum atomic E-state index is 12.7. The molecule has 7 unspecified atom stereocenters. The van der Waals surface area contributed by atoms with E-state index in [0.29, 0.717) is 17.9 Å². The van der Waals surface area contributed by atoms with E-state index in [9.17, 15) is 4.79 Å². The number of nitrogens with one attached hydrogen (secondary N) is 4. The molecule has 0 spiro atoms. The Balaban J connectivity index is 1.29. The van der Waals surface area contributed by atoms with Crippen molar-refractivity contribution in [2.24, 2.45) is 17.8 Å². The van der Waals surface area contributed by atoms with E-state index in [-0.39, 0.29) is 30.5 Å². The van der Waals surface area contributed by atoms with E-state index >= 15 is 0 Å². The summed E-state index contributed by atoms with van der Waals surface area (Å²) in [6.45, 7) is 5.00. The zero-order valence-electron chi connectivity index (χ0n) is 16.3. The molecule has 7 heteroatoms. The largest absolute Gasteiger partial charge is 0.352 e. The minimum atomic E-state index is -0.0320. The summed E-state index contributed by atoms with van der Waals surface area (Å²) in [4.78, 5) is 20.5. The van der Waals surface area contributed by atoms with Crippen LogP contribution in [0.2, 0.25) is 0 Å². The van der Waals surface area contributed by atoms with Crippen LogP contribution in [-0.2, 0) is 9.63 Å². The number of carbonyl (C=O) groups excluding carboxylic acids is 1. The van der Waals surface area contributed by atoms with Crippen LogP contribution in [0.25, 0.3) is 0 Å². The summed E-state index contributed by atoms with van der Waals surface area (Å²) in [7, 11) is 2.03. The lowest BCUT2D eigenvalue weighted by molar-refractivity contribution is -0.126. The second-order valence-corrected chi connectivity index (χ2v) is 8.73. The molecule has 2 heterocycles. The Morgan fingerprint density at radius 2 is 2.04 bits per heavy atom. The van der Waals surface area contributed by atoms with E-state index in [1.807, 2.05) is 7.05 Å². The first-order valence-electron chi connectivity index (χ1n) is 10.5. The Kier molecular flexibility index (Phi) is 5.53. The molecule has 2 saturated heterocycles. The van der Waals surface area contributed by atoms with Gasteiger partial charge in [-0.2, -0.15) is 5.48 Å². The molecule has 4 aliphatic rings. The molecule has 0 aromatic heterocycles. The van der Waals surface area contributed by atoms with Crippen LogP contribution in [0.15, 0.2) is 0 Å². The van der Waals surface area contributed by atoms with Crippen LogP contribution in [0.5, 0.6) is 0 Å². The fourth-order valence-corrected chi connectivity index (χ4v) is 5.53. The number of likely N-dealkylation sites (N-methyl/N-ethyl adjacent to an activating group) is 1. The highest BCUT2D eigenvalue weighted by Gasteiger charge is 2.44. The highest BCUT2D eigenvalue weighted by Crippen LogP contribution is 2.45. The highest BCUT2D eigenvalue weighted by molar-refractivity contribution is 5.82. The van der Waals surface area contributed by atoms with Crippen molar-refractivity contribution in [1.82, 2.24) is 26.3 Å². The smallest absolute Gasteiger partial charge is 0.238 e. The van der Waals surface area contributed by atoms with E-state index in [0.717, 1.165) is 25.3 Å². The van der Waals surface area contributed by atoms with Crippen molar-refractivity contribution in [2.75, 3.05) is 13.6 Å². The van der Waals surface area contributed by atoms with Crippen molar-refractivity contribution >= 4 is 5.91 Å². The Bertz CT molecular complexity index is 518. The molecule has 4 rings (SSSR count). The van der Waals surface area contributed by atoms with Crippen LogP contribution in [-0.4, -0.2) is 55.0 Å². The summed E-state index contributed by atoms with van der Waals surface area (Å²) >= 11 is 0. The lowest BCUT2D eigenvalue weighted by atomic mass is 9.73. The number of carbonyl (C=O) groups is 1. The number of hydroxylamine groups is 1. The SMILES string of the molecule is CCC1NC(C2CCC3C(CC[C@H]3NC(=O)C3CNC(C)N3C)C2)NO1. The van der Waals surface area contributed by atoms with E-state index in [1.165, 1.54) is 25.7 Å². The monoisotopic (exact) mass is 365 g/mol. The van der Waals surface area contributed by atoms with Crippen molar-refractivity contribution in [3.8, 4) is 0 Å². The van der Waals surface area contributed by atoms with Crippen LogP contribution in [0.3, 0.4) is 0 Å². The Morgan fingerprint density at radius 3 is 2.73 bits per heavy atom. The van der Waals surface area contributed by atoms with Gasteiger partial charge in [-0.1, -0.05) is 6.92 Å². The Hall–Kier alpha value is -0.730. The first-order valence-corrected chi connectivity index (χ1v) is 10.5. The van der Waals surface area contributed by atoms with Crippen molar-refractivity contribution in [3.63, 3.8) is 0 Å². The molecule has 26 heavy (non-hydrogen) atoms. The summed E-state index contributed by atoms with van der Waals surface area (Å²) in [6.07, 6.45) is 7.73. The fraction of sp³-hybridized carbons (Fsp3) is 0.947. The number of hydrogen-bond donors (Lipinski definition) is 4. The van der Waals surface area contributed by atoms with Gasteiger partial charge < -0.3 is 5.32 Å². The zero-order valence-corrected chi connectivity index (χ0v) is 16.3. The van der Waals surface area contributed by atoms with Gasteiger partial charge in [-0.3, -0.25) is 25.2 Å². The molecular weight excluding hydrogens is 330 g/mol. The lowest BCUT2D eigenvalue weighted by Gasteiger charge is -2.37. The van der Waals surface area contributed by atoms with Gasteiger partial charge in [-0.25, -0.2) is 0 Å². The minimum absolute atomic E-state index is 0.0320. The Morgan fingerprint density at radius 1 is 1.23 bits per heavy atom. The van der Waals surface area contributed by atoms with Crippen LogP contribution in [0.4, 0.5) is 0 Å². The van der Waals surface area contributed by atoms with Crippen LogP contribution < -0.4 is 21.4 Å². The topological polar surface area (TPSA) is 77.7 Å². The van der Waals surface area contributed by atoms with Gasteiger partial charge in [0.25, 0.3) is 0 Å².